The minimum absolute atomic E-state index is 0.0621. The van der Waals surface area contributed by atoms with E-state index in [0.717, 1.165) is 11.1 Å². The van der Waals surface area contributed by atoms with Gasteiger partial charge in [0.1, 0.15) is 6.10 Å². The van der Waals surface area contributed by atoms with Gasteiger partial charge in [-0.1, -0.05) is 24.2 Å². The van der Waals surface area contributed by atoms with Gasteiger partial charge in [0.2, 0.25) is 0 Å². The fraction of sp³-hybridized carbons (Fsp3) is 0.200. The molecular formula is C15H13ClN2O3. The molecular weight excluding hydrogens is 292 g/mol. The highest BCUT2D eigenvalue weighted by atomic mass is 35.5. The predicted molar refractivity (Wildman–Crippen MR) is 77.6 cm³/mol. The number of halogens is 1. The highest BCUT2D eigenvalue weighted by Crippen LogP contribution is 2.39. The van der Waals surface area contributed by atoms with Gasteiger partial charge in [0, 0.05) is 29.4 Å². The normalized spacial score (nSPS) is 21.7. The fourth-order valence-corrected chi connectivity index (χ4v) is 2.55. The number of carbonyl (C=O) groups is 1. The molecule has 1 aromatic heterocycles. The zero-order chi connectivity index (χ0) is 15.1. The van der Waals surface area contributed by atoms with E-state index in [1.807, 2.05) is 6.20 Å². The van der Waals surface area contributed by atoms with E-state index >= 15 is 0 Å². The Balaban J connectivity index is 2.11. The van der Waals surface area contributed by atoms with E-state index in [0.29, 0.717) is 10.6 Å². The summed E-state index contributed by atoms with van der Waals surface area (Å²) in [6.07, 6.45) is 1.67. The van der Waals surface area contributed by atoms with Crippen LogP contribution in [0.2, 0.25) is 5.02 Å². The van der Waals surface area contributed by atoms with Gasteiger partial charge in [-0.2, -0.15) is 5.10 Å². The van der Waals surface area contributed by atoms with Crippen LogP contribution in [0, 0.1) is 0 Å². The van der Waals surface area contributed by atoms with Crippen LogP contribution in [-0.2, 0) is 16.6 Å². The minimum Gasteiger partial charge on any atom is -0.451 e. The second-order valence-electron chi connectivity index (χ2n) is 4.93. The molecule has 2 aromatic rings. The van der Waals surface area contributed by atoms with Gasteiger partial charge in [0.15, 0.2) is 6.10 Å². The Labute approximate surface area is 126 Å². The first-order valence-corrected chi connectivity index (χ1v) is 6.71. The maximum atomic E-state index is 11.6. The molecule has 1 N–H and O–H groups in total. The third-order valence-corrected chi connectivity index (χ3v) is 3.71. The molecule has 21 heavy (non-hydrogen) atoms. The average Bonchev–Trinajstić information content (AvgIpc) is 2.98. The Bertz CT molecular complexity index is 738. The van der Waals surface area contributed by atoms with Gasteiger partial charge in [-0.25, -0.2) is 4.79 Å². The van der Waals surface area contributed by atoms with Crippen molar-refractivity contribution in [1.82, 2.24) is 9.78 Å². The average molecular weight is 305 g/mol. The molecule has 2 atom stereocenters. The van der Waals surface area contributed by atoms with Crippen molar-refractivity contribution in [2.24, 2.45) is 7.05 Å². The van der Waals surface area contributed by atoms with Crippen LogP contribution < -0.4 is 0 Å². The summed E-state index contributed by atoms with van der Waals surface area (Å²) in [5, 5.41) is 14.8. The molecule has 0 aliphatic carbocycles. The smallest absolute Gasteiger partial charge is 0.336 e. The molecule has 0 radical (unpaired) electrons. The number of aromatic nitrogens is 2. The second kappa shape index (κ2) is 5.02. The molecule has 0 unspecified atom stereocenters. The van der Waals surface area contributed by atoms with Gasteiger partial charge in [-0.05, 0) is 17.7 Å². The Kier molecular flexibility index (Phi) is 3.31. The molecule has 108 valence electrons. The van der Waals surface area contributed by atoms with Crippen molar-refractivity contribution >= 4 is 17.6 Å². The quantitative estimate of drug-likeness (QED) is 0.683. The fourth-order valence-electron chi connectivity index (χ4n) is 2.38. The van der Waals surface area contributed by atoms with Gasteiger partial charge >= 0.3 is 5.97 Å². The maximum Gasteiger partial charge on any atom is 0.336 e. The summed E-state index contributed by atoms with van der Waals surface area (Å²) in [5.74, 6) is -0.584. The van der Waals surface area contributed by atoms with Crippen LogP contribution in [0.3, 0.4) is 0 Å². The van der Waals surface area contributed by atoms with Crippen molar-refractivity contribution in [3.8, 4) is 11.1 Å². The van der Waals surface area contributed by atoms with Crippen molar-refractivity contribution in [3.63, 3.8) is 0 Å². The van der Waals surface area contributed by atoms with Gasteiger partial charge in [-0.3, -0.25) is 4.68 Å². The lowest BCUT2D eigenvalue weighted by molar-refractivity contribution is -0.139. The number of esters is 1. The SMILES string of the molecule is C=C1C(=O)O[C@@H](c2ccc(Cl)cc2-c2cnn(C)c2)[C@H]1O. The maximum absolute atomic E-state index is 11.6. The predicted octanol–water partition coefficient (Wildman–Crippen LogP) is 2.26. The Morgan fingerprint density at radius 1 is 1.48 bits per heavy atom. The highest BCUT2D eigenvalue weighted by Gasteiger charge is 2.39. The lowest BCUT2D eigenvalue weighted by atomic mass is 9.94. The third-order valence-electron chi connectivity index (χ3n) is 3.48. The van der Waals surface area contributed by atoms with Crippen LogP contribution in [0.1, 0.15) is 11.7 Å². The van der Waals surface area contributed by atoms with E-state index in [1.165, 1.54) is 0 Å². The number of aryl methyl sites for hydroxylation is 1. The van der Waals surface area contributed by atoms with Crippen molar-refractivity contribution in [1.29, 1.82) is 0 Å². The first-order chi connectivity index (χ1) is 9.97. The van der Waals surface area contributed by atoms with Crippen molar-refractivity contribution in [2.45, 2.75) is 12.2 Å². The molecule has 1 aliphatic heterocycles. The molecule has 1 aromatic carbocycles. The van der Waals surface area contributed by atoms with E-state index in [2.05, 4.69) is 11.7 Å². The summed E-state index contributed by atoms with van der Waals surface area (Å²) in [5.41, 5.74) is 2.33. The highest BCUT2D eigenvalue weighted by molar-refractivity contribution is 6.30. The summed E-state index contributed by atoms with van der Waals surface area (Å²) in [7, 11) is 1.81. The summed E-state index contributed by atoms with van der Waals surface area (Å²) < 4.78 is 6.88. The number of hydrogen-bond acceptors (Lipinski definition) is 4. The number of rotatable bonds is 2. The minimum atomic E-state index is -1.06. The molecule has 1 saturated heterocycles. The molecule has 3 rings (SSSR count). The summed E-state index contributed by atoms with van der Waals surface area (Å²) in [6.45, 7) is 3.55. The Morgan fingerprint density at radius 3 is 2.81 bits per heavy atom. The largest absolute Gasteiger partial charge is 0.451 e. The Hall–Kier alpha value is -2.11. The lowest BCUT2D eigenvalue weighted by Gasteiger charge is -2.17. The van der Waals surface area contributed by atoms with Gasteiger partial charge < -0.3 is 9.84 Å². The molecule has 6 heteroatoms. The number of carbonyl (C=O) groups excluding carboxylic acids is 1. The Morgan fingerprint density at radius 2 is 2.24 bits per heavy atom. The van der Waals surface area contributed by atoms with Crippen LogP contribution in [0.15, 0.2) is 42.7 Å². The number of hydrogen-bond donors (Lipinski definition) is 1. The van der Waals surface area contributed by atoms with Gasteiger partial charge in [0.25, 0.3) is 0 Å². The lowest BCUT2D eigenvalue weighted by Crippen LogP contribution is -2.14. The standard InChI is InChI=1S/C15H13ClN2O3/c1-8-13(19)14(21-15(8)20)11-4-3-10(16)5-12(11)9-6-17-18(2)7-9/h3-7,13-14,19H,1H2,2H3/t13-,14-/m0/s1. The molecule has 2 heterocycles. The van der Waals surface area contributed by atoms with E-state index in [1.54, 1.807) is 36.1 Å². The zero-order valence-corrected chi connectivity index (χ0v) is 12.0. The van der Waals surface area contributed by atoms with Gasteiger partial charge in [0.05, 0.1) is 11.8 Å². The summed E-state index contributed by atoms with van der Waals surface area (Å²) in [4.78, 5) is 11.6. The molecule has 1 fully saturated rings. The first kappa shape index (κ1) is 13.9. The summed E-state index contributed by atoms with van der Waals surface area (Å²) >= 11 is 6.06. The number of aliphatic hydroxyl groups is 1. The van der Waals surface area contributed by atoms with Crippen molar-refractivity contribution in [3.05, 3.63) is 53.3 Å². The molecule has 0 bridgehead atoms. The number of benzene rings is 1. The topological polar surface area (TPSA) is 64.3 Å². The second-order valence-corrected chi connectivity index (χ2v) is 5.37. The molecule has 0 amide bonds. The zero-order valence-electron chi connectivity index (χ0n) is 11.3. The van der Waals surface area contributed by atoms with Crippen LogP contribution >= 0.6 is 11.6 Å². The van der Waals surface area contributed by atoms with Gasteiger partial charge in [-0.15, -0.1) is 0 Å². The molecule has 0 saturated carbocycles. The first-order valence-electron chi connectivity index (χ1n) is 6.33. The van der Waals surface area contributed by atoms with E-state index in [9.17, 15) is 9.90 Å². The van der Waals surface area contributed by atoms with Crippen LogP contribution in [0.25, 0.3) is 11.1 Å². The molecule has 0 spiro atoms. The van der Waals surface area contributed by atoms with Crippen LogP contribution in [-0.4, -0.2) is 27.0 Å². The number of aliphatic hydroxyl groups excluding tert-OH is 1. The molecule has 1 aliphatic rings. The number of ether oxygens (including phenoxy) is 1. The van der Waals surface area contributed by atoms with E-state index < -0.39 is 18.2 Å². The van der Waals surface area contributed by atoms with E-state index in [-0.39, 0.29) is 5.57 Å². The van der Waals surface area contributed by atoms with E-state index in [4.69, 9.17) is 16.3 Å². The van der Waals surface area contributed by atoms with Crippen molar-refractivity contribution < 1.29 is 14.6 Å². The van der Waals surface area contributed by atoms with Crippen LogP contribution in [0.5, 0.6) is 0 Å². The molecule has 5 nitrogen and oxygen atoms in total. The van der Waals surface area contributed by atoms with Crippen LogP contribution in [0.4, 0.5) is 0 Å². The number of cyclic esters (lactones) is 1. The third kappa shape index (κ3) is 2.34. The monoisotopic (exact) mass is 304 g/mol. The van der Waals surface area contributed by atoms with Crippen molar-refractivity contribution in [2.75, 3.05) is 0 Å². The number of nitrogens with zero attached hydrogens (tertiary/aromatic N) is 2. The summed E-state index contributed by atoms with van der Waals surface area (Å²) in [6, 6.07) is 5.19.